The van der Waals surface area contributed by atoms with Gasteiger partial charge >= 0.3 is 0 Å². The molecule has 0 aromatic heterocycles. The average Bonchev–Trinajstić information content (AvgIpc) is 2.30. The van der Waals surface area contributed by atoms with Crippen LogP contribution in [0.4, 0.5) is 4.39 Å². The quantitative estimate of drug-likeness (QED) is 0.564. The summed E-state index contributed by atoms with van der Waals surface area (Å²) in [5.41, 5.74) is 5.04. The first kappa shape index (κ1) is 15.6. The Hall–Kier alpha value is -1.47. The van der Waals surface area contributed by atoms with Crippen molar-refractivity contribution in [3.63, 3.8) is 0 Å². The molecule has 1 rings (SSSR count). The summed E-state index contributed by atoms with van der Waals surface area (Å²) in [6.07, 6.45) is 0. The first-order valence-corrected chi connectivity index (χ1v) is 7.15. The van der Waals surface area contributed by atoms with Gasteiger partial charge < -0.3 is 5.73 Å². The maximum atomic E-state index is 13.1. The highest BCUT2D eigenvalue weighted by molar-refractivity contribution is 7.89. The number of nitrogens with one attached hydrogen (secondary N) is 2. The molecule has 1 aromatic rings. The number of benzene rings is 1. The Morgan fingerprint density at radius 3 is 2.58 bits per heavy atom. The minimum absolute atomic E-state index is 0.0272. The van der Waals surface area contributed by atoms with E-state index in [4.69, 9.17) is 11.1 Å². The van der Waals surface area contributed by atoms with Gasteiger partial charge in [0, 0.05) is 12.0 Å². The van der Waals surface area contributed by atoms with E-state index in [-0.39, 0.29) is 17.3 Å². The van der Waals surface area contributed by atoms with Crippen molar-refractivity contribution in [1.29, 1.82) is 5.41 Å². The lowest BCUT2D eigenvalue weighted by atomic mass is 9.93. The number of aryl methyl sites for hydroxylation is 1. The van der Waals surface area contributed by atoms with Crippen molar-refractivity contribution in [3.8, 4) is 0 Å². The van der Waals surface area contributed by atoms with Gasteiger partial charge in [-0.15, -0.1) is 0 Å². The predicted octanol–water partition coefficient (Wildman–Crippen LogP) is 1.37. The molecule has 0 heterocycles. The van der Waals surface area contributed by atoms with E-state index in [1.54, 1.807) is 20.8 Å². The lowest BCUT2D eigenvalue weighted by molar-refractivity contribution is 0.492. The molecule has 0 aliphatic carbocycles. The third-order valence-electron chi connectivity index (χ3n) is 2.87. The van der Waals surface area contributed by atoms with Crippen molar-refractivity contribution in [2.24, 2.45) is 11.1 Å². The SMILES string of the molecule is Cc1ccc(F)cc1S(=O)(=O)NCC(C)(C)C(=N)N. The van der Waals surface area contributed by atoms with Crippen molar-refractivity contribution >= 4 is 15.9 Å². The van der Waals surface area contributed by atoms with Gasteiger partial charge in [0.05, 0.1) is 10.7 Å². The number of nitrogens with two attached hydrogens (primary N) is 1. The van der Waals surface area contributed by atoms with E-state index >= 15 is 0 Å². The van der Waals surface area contributed by atoms with Crippen LogP contribution in [0.15, 0.2) is 23.1 Å². The average molecular weight is 287 g/mol. The number of halogens is 1. The molecule has 19 heavy (non-hydrogen) atoms. The minimum atomic E-state index is -3.82. The second kappa shape index (κ2) is 5.26. The van der Waals surface area contributed by atoms with Crippen molar-refractivity contribution in [2.45, 2.75) is 25.7 Å². The van der Waals surface area contributed by atoms with Gasteiger partial charge in [-0.3, -0.25) is 5.41 Å². The van der Waals surface area contributed by atoms with Crippen molar-refractivity contribution in [1.82, 2.24) is 4.72 Å². The van der Waals surface area contributed by atoms with Gasteiger partial charge in [-0.25, -0.2) is 17.5 Å². The van der Waals surface area contributed by atoms with Crippen molar-refractivity contribution < 1.29 is 12.8 Å². The van der Waals surface area contributed by atoms with E-state index in [0.717, 1.165) is 6.07 Å². The van der Waals surface area contributed by atoms with Crippen LogP contribution in [0.1, 0.15) is 19.4 Å². The van der Waals surface area contributed by atoms with Gasteiger partial charge in [-0.1, -0.05) is 19.9 Å². The fourth-order valence-corrected chi connectivity index (χ4v) is 2.78. The molecule has 0 fully saturated rings. The molecule has 0 spiro atoms. The Morgan fingerprint density at radius 1 is 1.47 bits per heavy atom. The summed E-state index contributed by atoms with van der Waals surface area (Å²) in [5, 5.41) is 7.37. The first-order valence-electron chi connectivity index (χ1n) is 5.66. The number of rotatable bonds is 5. The maximum Gasteiger partial charge on any atom is 0.240 e. The van der Waals surface area contributed by atoms with Crippen LogP contribution in [0.2, 0.25) is 0 Å². The molecule has 0 aliphatic rings. The fraction of sp³-hybridized carbons (Fsp3) is 0.417. The van der Waals surface area contributed by atoms with Crippen LogP contribution < -0.4 is 10.5 Å². The van der Waals surface area contributed by atoms with Crippen LogP contribution in [-0.2, 0) is 10.0 Å². The lowest BCUT2D eigenvalue weighted by Gasteiger charge is -2.23. The van der Waals surface area contributed by atoms with Crippen LogP contribution in [0.3, 0.4) is 0 Å². The fourth-order valence-electron chi connectivity index (χ4n) is 1.31. The van der Waals surface area contributed by atoms with Crippen LogP contribution in [0, 0.1) is 23.6 Å². The van der Waals surface area contributed by atoms with E-state index in [1.165, 1.54) is 12.1 Å². The Morgan fingerprint density at radius 2 is 2.05 bits per heavy atom. The zero-order valence-corrected chi connectivity index (χ0v) is 11.9. The highest BCUT2D eigenvalue weighted by Gasteiger charge is 2.26. The summed E-state index contributed by atoms with van der Waals surface area (Å²) in [6, 6.07) is 3.58. The molecule has 0 aliphatic heterocycles. The third-order valence-corrected chi connectivity index (χ3v) is 4.42. The second-order valence-corrected chi connectivity index (χ2v) is 6.77. The van der Waals surface area contributed by atoms with Gasteiger partial charge in [0.2, 0.25) is 10.0 Å². The molecular weight excluding hydrogens is 269 g/mol. The number of hydrogen-bond acceptors (Lipinski definition) is 3. The van der Waals surface area contributed by atoms with E-state index in [2.05, 4.69) is 4.72 Å². The Balaban J connectivity index is 3.00. The lowest BCUT2D eigenvalue weighted by Crippen LogP contribution is -2.42. The minimum Gasteiger partial charge on any atom is -0.387 e. The maximum absolute atomic E-state index is 13.1. The molecule has 0 bridgehead atoms. The second-order valence-electron chi connectivity index (χ2n) is 5.03. The van der Waals surface area contributed by atoms with E-state index in [1.807, 2.05) is 0 Å². The van der Waals surface area contributed by atoms with E-state index in [9.17, 15) is 12.8 Å². The van der Waals surface area contributed by atoms with Gasteiger partial charge in [0.25, 0.3) is 0 Å². The normalized spacial score (nSPS) is 12.4. The van der Waals surface area contributed by atoms with E-state index < -0.39 is 21.3 Å². The molecule has 7 heteroatoms. The van der Waals surface area contributed by atoms with Gasteiger partial charge in [-0.05, 0) is 24.6 Å². The zero-order valence-electron chi connectivity index (χ0n) is 11.1. The molecule has 5 nitrogen and oxygen atoms in total. The standard InChI is InChI=1S/C12H18FN3O2S/c1-8-4-5-9(13)6-10(8)19(17,18)16-7-12(2,3)11(14)15/h4-6,16H,7H2,1-3H3,(H3,14,15). The Bertz CT molecular complexity index is 597. The summed E-state index contributed by atoms with van der Waals surface area (Å²) in [7, 11) is -3.82. The molecule has 0 saturated carbocycles. The zero-order chi connectivity index (χ0) is 14.8. The Kier molecular flexibility index (Phi) is 4.32. The van der Waals surface area contributed by atoms with Crippen LogP contribution in [0.5, 0.6) is 0 Å². The molecule has 106 valence electrons. The monoisotopic (exact) mass is 287 g/mol. The van der Waals surface area contributed by atoms with Gasteiger partial charge in [-0.2, -0.15) is 0 Å². The molecule has 0 amide bonds. The smallest absolute Gasteiger partial charge is 0.240 e. The van der Waals surface area contributed by atoms with Gasteiger partial charge in [0.15, 0.2) is 0 Å². The molecule has 1 aromatic carbocycles. The highest BCUT2D eigenvalue weighted by atomic mass is 32.2. The summed E-state index contributed by atoms with van der Waals surface area (Å²) >= 11 is 0. The highest BCUT2D eigenvalue weighted by Crippen LogP contribution is 2.18. The first-order chi connectivity index (χ1) is 8.56. The van der Waals surface area contributed by atoms with Crippen LogP contribution >= 0.6 is 0 Å². The summed E-state index contributed by atoms with van der Waals surface area (Å²) < 4.78 is 39.7. The number of hydrogen-bond donors (Lipinski definition) is 3. The molecule has 4 N–H and O–H groups in total. The van der Waals surface area contributed by atoms with E-state index in [0.29, 0.717) is 5.56 Å². The summed E-state index contributed by atoms with van der Waals surface area (Å²) in [6.45, 7) is 4.86. The molecule has 0 atom stereocenters. The molecule has 0 unspecified atom stereocenters. The number of sulfonamides is 1. The number of amidine groups is 1. The topological polar surface area (TPSA) is 96.0 Å². The van der Waals surface area contributed by atoms with Crippen LogP contribution in [0.25, 0.3) is 0 Å². The van der Waals surface area contributed by atoms with Crippen LogP contribution in [-0.4, -0.2) is 20.8 Å². The van der Waals surface area contributed by atoms with Gasteiger partial charge in [0.1, 0.15) is 5.82 Å². The third kappa shape index (κ3) is 3.74. The van der Waals surface area contributed by atoms with Crippen molar-refractivity contribution in [2.75, 3.05) is 6.54 Å². The summed E-state index contributed by atoms with van der Waals surface area (Å²) in [4.78, 5) is -0.105. The predicted molar refractivity (Wildman–Crippen MR) is 72.0 cm³/mol. The molecule has 0 radical (unpaired) electrons. The largest absolute Gasteiger partial charge is 0.387 e. The molecule has 0 saturated heterocycles. The van der Waals surface area contributed by atoms with Crippen molar-refractivity contribution in [3.05, 3.63) is 29.6 Å². The Labute approximate surface area is 112 Å². The molecular formula is C12H18FN3O2S. The summed E-state index contributed by atoms with van der Waals surface area (Å²) in [5.74, 6) is -0.733.